The maximum absolute atomic E-state index is 12.5. The zero-order valence-corrected chi connectivity index (χ0v) is 34.6. The van der Waals surface area contributed by atoms with Gasteiger partial charge < -0.3 is 83.9 Å². The molecular formula is C42H64O18. The van der Waals surface area contributed by atoms with E-state index in [2.05, 4.69) is 19.9 Å². The summed E-state index contributed by atoms with van der Waals surface area (Å²) < 4.78 is 46.6. The topological polar surface area (TPSA) is 273 Å². The number of carbonyl (C=O) groups is 1. The van der Waals surface area contributed by atoms with Gasteiger partial charge in [-0.15, -0.1) is 0 Å². The van der Waals surface area contributed by atoms with E-state index in [1.54, 1.807) is 13.0 Å². The van der Waals surface area contributed by atoms with E-state index in [-0.39, 0.29) is 30.0 Å². The first-order valence-electron chi connectivity index (χ1n) is 21.6. The predicted octanol–water partition coefficient (Wildman–Crippen LogP) is -1.32. The van der Waals surface area contributed by atoms with Gasteiger partial charge in [-0.05, 0) is 87.0 Å². The molecule has 18 nitrogen and oxygen atoms in total. The lowest BCUT2D eigenvalue weighted by molar-refractivity contribution is -0.367. The molecule has 4 aliphatic heterocycles. The number of ether oxygens (including phenoxy) is 8. The number of aliphatic hydroxyl groups is 9. The van der Waals surface area contributed by atoms with Gasteiger partial charge >= 0.3 is 5.97 Å². The molecule has 3 saturated heterocycles. The Balaban J connectivity index is 0.875. The molecule has 22 atom stereocenters. The molecule has 0 unspecified atom stereocenters. The first-order chi connectivity index (χ1) is 28.4. The van der Waals surface area contributed by atoms with Crippen LogP contribution >= 0.6 is 0 Å². The lowest BCUT2D eigenvalue weighted by Crippen LogP contribution is -2.65. The van der Waals surface area contributed by atoms with Crippen LogP contribution in [0.4, 0.5) is 0 Å². The van der Waals surface area contributed by atoms with Crippen molar-refractivity contribution < 1.29 is 88.6 Å². The molecular weight excluding hydrogens is 792 g/mol. The van der Waals surface area contributed by atoms with E-state index < -0.39 is 116 Å². The molecule has 4 heterocycles. The van der Waals surface area contributed by atoms with Gasteiger partial charge in [0.1, 0.15) is 73.8 Å². The van der Waals surface area contributed by atoms with Crippen molar-refractivity contribution in [2.45, 2.75) is 176 Å². The van der Waals surface area contributed by atoms with Crippen LogP contribution in [0.25, 0.3) is 0 Å². The number of fused-ring (bicyclic) bond motifs is 5. The van der Waals surface area contributed by atoms with Crippen LogP contribution in [0.15, 0.2) is 23.3 Å². The number of esters is 1. The van der Waals surface area contributed by atoms with Gasteiger partial charge in [-0.1, -0.05) is 19.9 Å². The zero-order chi connectivity index (χ0) is 43.1. The van der Waals surface area contributed by atoms with Crippen molar-refractivity contribution in [3.05, 3.63) is 23.3 Å². The maximum Gasteiger partial charge on any atom is 0.331 e. The van der Waals surface area contributed by atoms with Crippen LogP contribution in [0.2, 0.25) is 0 Å². The van der Waals surface area contributed by atoms with Crippen molar-refractivity contribution in [2.24, 2.45) is 28.6 Å². The molecule has 340 valence electrons. The molecule has 0 bridgehead atoms. The second kappa shape index (κ2) is 17.0. The van der Waals surface area contributed by atoms with Crippen molar-refractivity contribution in [2.75, 3.05) is 26.9 Å². The zero-order valence-electron chi connectivity index (χ0n) is 34.6. The first-order valence-corrected chi connectivity index (χ1v) is 21.6. The van der Waals surface area contributed by atoms with E-state index in [4.69, 9.17) is 37.9 Å². The minimum absolute atomic E-state index is 0.0155. The van der Waals surface area contributed by atoms with Crippen LogP contribution in [0.5, 0.6) is 0 Å². The van der Waals surface area contributed by atoms with Crippen LogP contribution in [0.3, 0.4) is 0 Å². The summed E-state index contributed by atoms with van der Waals surface area (Å²) in [6.45, 7) is 5.26. The van der Waals surface area contributed by atoms with Gasteiger partial charge in [0.25, 0.3) is 0 Å². The Kier molecular flexibility index (Phi) is 12.7. The summed E-state index contributed by atoms with van der Waals surface area (Å²) in [5, 5.41) is 96.5. The normalized spacial score (nSPS) is 53.1. The van der Waals surface area contributed by atoms with Gasteiger partial charge in [-0.2, -0.15) is 0 Å². The Bertz CT molecular complexity index is 1630. The maximum atomic E-state index is 12.5. The van der Waals surface area contributed by atoms with Crippen molar-refractivity contribution in [3.63, 3.8) is 0 Å². The van der Waals surface area contributed by atoms with Crippen LogP contribution in [-0.2, 0) is 42.7 Å². The summed E-state index contributed by atoms with van der Waals surface area (Å²) in [6.07, 6.45) is -11.1. The fourth-order valence-electron chi connectivity index (χ4n) is 12.4. The smallest absolute Gasteiger partial charge is 0.331 e. The predicted molar refractivity (Wildman–Crippen MR) is 203 cm³/mol. The number of rotatable bonds is 10. The molecule has 0 aromatic heterocycles. The van der Waals surface area contributed by atoms with Crippen LogP contribution in [-0.4, -0.2) is 183 Å². The molecule has 3 saturated carbocycles. The summed E-state index contributed by atoms with van der Waals surface area (Å²) in [4.78, 5) is 11.9. The Morgan fingerprint density at radius 1 is 0.767 bits per heavy atom. The highest BCUT2D eigenvalue weighted by atomic mass is 16.8. The van der Waals surface area contributed by atoms with E-state index in [9.17, 15) is 50.8 Å². The highest BCUT2D eigenvalue weighted by Crippen LogP contribution is 2.68. The van der Waals surface area contributed by atoms with E-state index in [1.807, 2.05) is 0 Å². The fraction of sp³-hybridized carbons (Fsp3) is 0.881. The minimum atomic E-state index is -1.77. The highest BCUT2D eigenvalue weighted by molar-refractivity contribution is 5.86. The van der Waals surface area contributed by atoms with Crippen molar-refractivity contribution >= 4 is 5.97 Å². The van der Waals surface area contributed by atoms with Crippen LogP contribution in [0, 0.1) is 28.6 Å². The molecule has 9 N–H and O–H groups in total. The first kappa shape index (κ1) is 44.9. The Labute approximate surface area is 348 Å². The summed E-state index contributed by atoms with van der Waals surface area (Å²) in [7, 11) is 1.39. The number of carbonyl (C=O) groups excluding carboxylic acids is 1. The third kappa shape index (κ3) is 7.43. The van der Waals surface area contributed by atoms with Crippen molar-refractivity contribution in [3.8, 4) is 0 Å². The fourth-order valence-corrected chi connectivity index (χ4v) is 12.4. The molecule has 0 radical (unpaired) electrons. The molecule has 4 aliphatic carbocycles. The summed E-state index contributed by atoms with van der Waals surface area (Å²) in [5.41, 5.74) is 0.580. The van der Waals surface area contributed by atoms with Gasteiger partial charge in [0.2, 0.25) is 0 Å². The van der Waals surface area contributed by atoms with Crippen LogP contribution in [0.1, 0.15) is 72.1 Å². The lowest BCUT2D eigenvalue weighted by Gasteiger charge is -2.63. The van der Waals surface area contributed by atoms with Gasteiger partial charge in [0.05, 0.1) is 31.0 Å². The minimum Gasteiger partial charge on any atom is -0.458 e. The SMILES string of the molecule is CO[C@@H]1[C@@H](O)[C@H](O[C@H]2CC[C@@]3(C)[C@H](CC[C@@H]4[C@@H]3CC[C@]3(C)C(C5=CC(=O)OC5)=CC[C@]43O)C2)O[C@H](C)[C@@H]1O[C@@H]1O[C@H](CO[C@@H]2O[C@H](CO)[C@@H](O)[C@H](O)[C@H]2O)[C@@H](O)[C@H](O)[C@H]1O. The highest BCUT2D eigenvalue weighted by Gasteiger charge is 2.66. The molecule has 6 fully saturated rings. The van der Waals surface area contributed by atoms with E-state index >= 15 is 0 Å². The average molecular weight is 857 g/mol. The standard InChI is InChI=1S/C42H64O18/c1-18-35(60-38-33(50)31(48)29(46)26(59-38)17-55-37-32(49)30(47)28(45)25(15-43)58-37)36(53-4)34(51)39(56-18)57-21-7-10-40(2)20(14-21)5-6-24-23(40)8-11-41(3)22(9-12-42(24,41)52)19-13-27(44)54-16-19/h9,13,18,20-21,23-26,28-39,43,45-52H,5-8,10-12,14-17H2,1-4H3/t18-,20-,21+,23+,24-,25-,26-,28-,29-,30+,31+,32-,33-,34-,35+,36-,37-,38+,39+,40+,41-,42+/m1/s1. The Hall–Kier alpha value is -1.69. The Morgan fingerprint density at radius 2 is 1.45 bits per heavy atom. The van der Waals surface area contributed by atoms with E-state index in [0.717, 1.165) is 56.1 Å². The van der Waals surface area contributed by atoms with Gasteiger partial charge in [-0.3, -0.25) is 0 Å². The summed E-state index contributed by atoms with van der Waals surface area (Å²) in [5.74, 6) is 0.443. The monoisotopic (exact) mass is 856 g/mol. The quantitative estimate of drug-likeness (QED) is 0.0911. The largest absolute Gasteiger partial charge is 0.458 e. The number of hydrogen-bond acceptors (Lipinski definition) is 18. The summed E-state index contributed by atoms with van der Waals surface area (Å²) >= 11 is 0. The van der Waals surface area contributed by atoms with Gasteiger partial charge in [-0.25, -0.2) is 4.79 Å². The second-order valence-electron chi connectivity index (χ2n) is 19.0. The number of hydrogen-bond donors (Lipinski definition) is 9. The molecule has 8 rings (SSSR count). The second-order valence-corrected chi connectivity index (χ2v) is 19.0. The van der Waals surface area contributed by atoms with Crippen LogP contribution < -0.4 is 0 Å². The third-order valence-electron chi connectivity index (χ3n) is 16.0. The molecule has 60 heavy (non-hydrogen) atoms. The van der Waals surface area contributed by atoms with E-state index in [1.165, 1.54) is 7.11 Å². The van der Waals surface area contributed by atoms with Gasteiger partial charge in [0.15, 0.2) is 18.9 Å². The molecule has 8 aliphatic rings. The van der Waals surface area contributed by atoms with Crippen molar-refractivity contribution in [1.29, 1.82) is 0 Å². The number of methoxy groups -OCH3 is 1. The van der Waals surface area contributed by atoms with E-state index in [0.29, 0.717) is 18.3 Å². The Morgan fingerprint density at radius 3 is 2.13 bits per heavy atom. The molecule has 18 heteroatoms. The molecule has 0 amide bonds. The number of aliphatic hydroxyl groups excluding tert-OH is 8. The average Bonchev–Trinajstić information content (AvgIpc) is 3.78. The molecule has 0 spiro atoms. The number of cyclic esters (lactones) is 1. The molecule has 0 aromatic carbocycles. The molecule has 0 aromatic rings. The van der Waals surface area contributed by atoms with Gasteiger partial charge in [0, 0.05) is 24.2 Å². The third-order valence-corrected chi connectivity index (χ3v) is 16.0. The summed E-state index contributed by atoms with van der Waals surface area (Å²) in [6, 6.07) is 0. The lowest BCUT2D eigenvalue weighted by atomic mass is 9.43. The van der Waals surface area contributed by atoms with Crippen molar-refractivity contribution in [1.82, 2.24) is 0 Å².